The molecule has 1 aliphatic rings. The molecule has 158 valence electrons. The van der Waals surface area contributed by atoms with Gasteiger partial charge in [0, 0.05) is 44.4 Å². The Morgan fingerprint density at radius 3 is 2.72 bits per heavy atom. The van der Waals surface area contributed by atoms with E-state index < -0.39 is 0 Å². The molecular weight excluding hydrogens is 362 g/mol. The van der Waals surface area contributed by atoms with Gasteiger partial charge in [-0.3, -0.25) is 9.67 Å². The Hall–Kier alpha value is -2.34. The number of benzene rings is 1. The summed E-state index contributed by atoms with van der Waals surface area (Å²) < 4.78 is 8.06. The molecule has 2 aromatic rings. The van der Waals surface area contributed by atoms with E-state index in [-0.39, 0.29) is 11.5 Å². The van der Waals surface area contributed by atoms with Crippen LogP contribution in [0.2, 0.25) is 0 Å². The van der Waals surface area contributed by atoms with Crippen molar-refractivity contribution in [1.29, 1.82) is 0 Å². The van der Waals surface area contributed by atoms with Gasteiger partial charge in [0.2, 0.25) is 0 Å². The first kappa shape index (κ1) is 21.4. The molecule has 0 bridgehead atoms. The first-order chi connectivity index (χ1) is 14.0. The predicted octanol–water partition coefficient (Wildman–Crippen LogP) is 3.44. The summed E-state index contributed by atoms with van der Waals surface area (Å²) in [6, 6.07) is 10.4. The van der Waals surface area contributed by atoms with Crippen LogP contribution in [0.1, 0.15) is 44.7 Å². The highest BCUT2D eigenvalue weighted by atomic mass is 16.5. The molecule has 2 N–H and O–H groups in total. The van der Waals surface area contributed by atoms with Gasteiger partial charge in [-0.25, -0.2) is 0 Å². The lowest BCUT2D eigenvalue weighted by Gasteiger charge is -2.40. The molecule has 2 heterocycles. The molecule has 1 aliphatic heterocycles. The summed E-state index contributed by atoms with van der Waals surface area (Å²) >= 11 is 0. The normalized spacial score (nSPS) is 20.5. The molecule has 1 aromatic carbocycles. The van der Waals surface area contributed by atoms with Gasteiger partial charge in [-0.15, -0.1) is 0 Å². The number of aromatic nitrogens is 2. The van der Waals surface area contributed by atoms with Crippen LogP contribution in [0.3, 0.4) is 0 Å². The number of nitrogens with zero attached hydrogens (tertiary/aromatic N) is 3. The molecule has 2 atom stereocenters. The smallest absolute Gasteiger partial charge is 0.191 e. The van der Waals surface area contributed by atoms with Gasteiger partial charge in [-0.2, -0.15) is 5.10 Å². The van der Waals surface area contributed by atoms with E-state index in [9.17, 15) is 0 Å². The molecule has 29 heavy (non-hydrogen) atoms. The Morgan fingerprint density at radius 1 is 1.21 bits per heavy atom. The summed E-state index contributed by atoms with van der Waals surface area (Å²) in [7, 11) is 1.81. The van der Waals surface area contributed by atoms with Crippen LogP contribution in [0.25, 0.3) is 0 Å². The zero-order valence-corrected chi connectivity index (χ0v) is 18.2. The SMILES string of the molecule is CN=C(NCc1cnn(Cc2ccccc2)c1)NCC1CCCOC1C(C)(C)C. The lowest BCUT2D eigenvalue weighted by atomic mass is 9.78. The van der Waals surface area contributed by atoms with E-state index in [1.807, 2.05) is 24.0 Å². The molecule has 0 radical (unpaired) electrons. The van der Waals surface area contributed by atoms with Crippen molar-refractivity contribution in [3.8, 4) is 0 Å². The molecular formula is C23H35N5O. The van der Waals surface area contributed by atoms with Gasteiger partial charge >= 0.3 is 0 Å². The molecule has 1 saturated heterocycles. The van der Waals surface area contributed by atoms with Crippen LogP contribution in [0, 0.1) is 11.3 Å². The number of nitrogens with one attached hydrogen (secondary N) is 2. The van der Waals surface area contributed by atoms with Crippen LogP contribution < -0.4 is 10.6 Å². The highest BCUT2D eigenvalue weighted by Gasteiger charge is 2.35. The van der Waals surface area contributed by atoms with Gasteiger partial charge in [0.25, 0.3) is 0 Å². The molecule has 6 nitrogen and oxygen atoms in total. The fourth-order valence-electron chi connectivity index (χ4n) is 4.00. The van der Waals surface area contributed by atoms with Crippen molar-refractivity contribution in [2.45, 2.75) is 52.8 Å². The third kappa shape index (κ3) is 6.32. The van der Waals surface area contributed by atoms with E-state index in [0.717, 1.165) is 37.6 Å². The number of guanidine groups is 1. The maximum atomic E-state index is 6.09. The van der Waals surface area contributed by atoms with Crippen molar-refractivity contribution < 1.29 is 4.74 Å². The highest BCUT2D eigenvalue weighted by molar-refractivity contribution is 5.79. The second kappa shape index (κ2) is 9.92. The van der Waals surface area contributed by atoms with Crippen molar-refractivity contribution in [3.05, 3.63) is 53.9 Å². The van der Waals surface area contributed by atoms with E-state index in [2.05, 4.69) is 72.0 Å². The Balaban J connectivity index is 1.48. The van der Waals surface area contributed by atoms with Gasteiger partial charge in [-0.1, -0.05) is 51.1 Å². The predicted molar refractivity (Wildman–Crippen MR) is 118 cm³/mol. The maximum Gasteiger partial charge on any atom is 0.191 e. The van der Waals surface area contributed by atoms with Crippen molar-refractivity contribution in [2.24, 2.45) is 16.3 Å². The zero-order valence-electron chi connectivity index (χ0n) is 18.2. The van der Waals surface area contributed by atoms with E-state index in [4.69, 9.17) is 4.74 Å². The number of rotatable bonds is 6. The number of aliphatic imine (C=N–C) groups is 1. The van der Waals surface area contributed by atoms with Gasteiger partial charge in [0.15, 0.2) is 5.96 Å². The topological polar surface area (TPSA) is 63.5 Å². The summed E-state index contributed by atoms with van der Waals surface area (Å²) in [6.07, 6.45) is 6.59. The minimum atomic E-state index is 0.150. The monoisotopic (exact) mass is 397 g/mol. The largest absolute Gasteiger partial charge is 0.377 e. The van der Waals surface area contributed by atoms with Crippen molar-refractivity contribution in [1.82, 2.24) is 20.4 Å². The molecule has 3 rings (SSSR count). The molecule has 0 saturated carbocycles. The quantitative estimate of drug-likeness (QED) is 0.579. The highest BCUT2D eigenvalue weighted by Crippen LogP contribution is 2.33. The lowest BCUT2D eigenvalue weighted by molar-refractivity contribution is -0.0835. The molecule has 0 amide bonds. The van der Waals surface area contributed by atoms with Gasteiger partial charge < -0.3 is 15.4 Å². The van der Waals surface area contributed by atoms with Crippen molar-refractivity contribution in [3.63, 3.8) is 0 Å². The Labute approximate surface area is 174 Å². The summed E-state index contributed by atoms with van der Waals surface area (Å²) in [5.74, 6) is 1.31. The minimum Gasteiger partial charge on any atom is -0.377 e. The van der Waals surface area contributed by atoms with Crippen molar-refractivity contribution in [2.75, 3.05) is 20.2 Å². The summed E-state index contributed by atoms with van der Waals surface area (Å²) in [5.41, 5.74) is 2.53. The van der Waals surface area contributed by atoms with Gasteiger partial charge in [0.1, 0.15) is 0 Å². The second-order valence-corrected chi connectivity index (χ2v) is 8.90. The third-order valence-corrected chi connectivity index (χ3v) is 5.39. The first-order valence-corrected chi connectivity index (χ1v) is 10.6. The Morgan fingerprint density at radius 2 is 2.00 bits per heavy atom. The van der Waals surface area contributed by atoms with Crippen LogP contribution in [0.5, 0.6) is 0 Å². The number of hydrogen-bond donors (Lipinski definition) is 2. The molecule has 6 heteroatoms. The standard InChI is InChI=1S/C23H35N5O/c1-23(2,3)21-20(11-8-12-29-21)15-26-22(24-4)25-13-19-14-27-28(17-19)16-18-9-6-5-7-10-18/h5-7,9-10,14,17,20-21H,8,11-13,15-16H2,1-4H3,(H2,24,25,26). The molecule has 0 aliphatic carbocycles. The number of hydrogen-bond acceptors (Lipinski definition) is 3. The van der Waals surface area contributed by atoms with Crippen LogP contribution in [0.15, 0.2) is 47.7 Å². The fraction of sp³-hybridized carbons (Fsp3) is 0.565. The van der Waals surface area contributed by atoms with E-state index in [1.54, 1.807) is 0 Å². The van der Waals surface area contributed by atoms with E-state index in [1.165, 1.54) is 12.0 Å². The average molecular weight is 398 g/mol. The van der Waals surface area contributed by atoms with Crippen molar-refractivity contribution >= 4 is 5.96 Å². The number of ether oxygens (including phenoxy) is 1. The van der Waals surface area contributed by atoms with Crippen LogP contribution in [-0.4, -0.2) is 42.0 Å². The maximum absolute atomic E-state index is 6.09. The second-order valence-electron chi connectivity index (χ2n) is 8.90. The van der Waals surface area contributed by atoms with Gasteiger partial charge in [-0.05, 0) is 23.8 Å². The Bertz CT molecular complexity index is 778. The van der Waals surface area contributed by atoms with E-state index >= 15 is 0 Å². The molecule has 1 fully saturated rings. The van der Waals surface area contributed by atoms with Crippen LogP contribution >= 0.6 is 0 Å². The lowest BCUT2D eigenvalue weighted by Crippen LogP contribution is -2.47. The van der Waals surface area contributed by atoms with E-state index in [0.29, 0.717) is 12.5 Å². The minimum absolute atomic E-state index is 0.150. The fourth-order valence-corrected chi connectivity index (χ4v) is 4.00. The molecule has 1 aromatic heterocycles. The molecule has 2 unspecified atom stereocenters. The molecule has 0 spiro atoms. The Kier molecular flexibility index (Phi) is 7.31. The summed E-state index contributed by atoms with van der Waals surface area (Å²) in [6.45, 7) is 10.00. The van der Waals surface area contributed by atoms with Crippen LogP contribution in [0.4, 0.5) is 0 Å². The van der Waals surface area contributed by atoms with Gasteiger partial charge in [0.05, 0.1) is 18.8 Å². The zero-order chi connectivity index (χ0) is 20.7. The first-order valence-electron chi connectivity index (χ1n) is 10.6. The average Bonchev–Trinajstić information content (AvgIpc) is 3.15. The summed E-state index contributed by atoms with van der Waals surface area (Å²) in [4.78, 5) is 4.38. The third-order valence-electron chi connectivity index (χ3n) is 5.39. The summed E-state index contributed by atoms with van der Waals surface area (Å²) in [5, 5.41) is 11.4. The van der Waals surface area contributed by atoms with Crippen LogP contribution in [-0.2, 0) is 17.8 Å².